The molecular formula is C26H26N4O4. The van der Waals surface area contributed by atoms with Gasteiger partial charge in [0.25, 0.3) is 11.5 Å². The van der Waals surface area contributed by atoms with E-state index < -0.39 is 0 Å². The van der Waals surface area contributed by atoms with Crippen LogP contribution in [0.5, 0.6) is 5.75 Å². The molecule has 0 radical (unpaired) electrons. The Labute approximate surface area is 197 Å². The molecule has 8 nitrogen and oxygen atoms in total. The van der Waals surface area contributed by atoms with E-state index in [2.05, 4.69) is 10.6 Å². The molecule has 3 aromatic rings. The second kappa shape index (κ2) is 9.05. The van der Waals surface area contributed by atoms with Crippen molar-refractivity contribution in [1.82, 2.24) is 9.47 Å². The third kappa shape index (κ3) is 4.26. The van der Waals surface area contributed by atoms with E-state index in [-0.39, 0.29) is 29.3 Å². The minimum Gasteiger partial charge on any atom is -0.497 e. The number of hydrogen-bond donors (Lipinski definition) is 2. The lowest BCUT2D eigenvalue weighted by Crippen LogP contribution is -2.49. The Morgan fingerprint density at radius 3 is 2.41 bits per heavy atom. The molecular weight excluding hydrogens is 432 g/mol. The number of methoxy groups -OCH3 is 1. The van der Waals surface area contributed by atoms with Crippen LogP contribution in [0.1, 0.15) is 28.4 Å². The molecule has 174 valence electrons. The van der Waals surface area contributed by atoms with E-state index in [9.17, 15) is 14.4 Å². The maximum Gasteiger partial charge on any atom is 0.323 e. The second-order valence-electron chi connectivity index (χ2n) is 8.76. The number of fused-ring (bicyclic) bond motifs is 4. The van der Waals surface area contributed by atoms with Crippen LogP contribution in [-0.2, 0) is 6.54 Å². The number of nitrogens with zero attached hydrogens (tertiary/aromatic N) is 2. The Morgan fingerprint density at radius 1 is 0.912 bits per heavy atom. The number of benzene rings is 2. The quantitative estimate of drug-likeness (QED) is 0.623. The summed E-state index contributed by atoms with van der Waals surface area (Å²) in [6.45, 7) is 1.60. The van der Waals surface area contributed by atoms with Crippen LogP contribution >= 0.6 is 0 Å². The second-order valence-corrected chi connectivity index (χ2v) is 8.76. The van der Waals surface area contributed by atoms with Gasteiger partial charge in [-0.1, -0.05) is 18.2 Å². The molecule has 2 aromatic carbocycles. The average Bonchev–Trinajstić information content (AvgIpc) is 2.86. The van der Waals surface area contributed by atoms with Crippen molar-refractivity contribution < 1.29 is 14.3 Å². The maximum atomic E-state index is 13.2. The zero-order valence-corrected chi connectivity index (χ0v) is 18.9. The van der Waals surface area contributed by atoms with Gasteiger partial charge >= 0.3 is 6.03 Å². The summed E-state index contributed by atoms with van der Waals surface area (Å²) in [7, 11) is 1.59. The number of aromatic nitrogens is 1. The molecule has 1 saturated heterocycles. The number of anilines is 2. The molecule has 8 heteroatoms. The Kier molecular flexibility index (Phi) is 5.79. The summed E-state index contributed by atoms with van der Waals surface area (Å²) in [6.07, 6.45) is 0.866. The zero-order chi connectivity index (χ0) is 23.7. The van der Waals surface area contributed by atoms with Crippen LogP contribution in [0.3, 0.4) is 0 Å². The van der Waals surface area contributed by atoms with Crippen molar-refractivity contribution in [2.45, 2.75) is 18.9 Å². The van der Waals surface area contributed by atoms with Gasteiger partial charge in [0.2, 0.25) is 0 Å². The number of hydrogen-bond acceptors (Lipinski definition) is 4. The van der Waals surface area contributed by atoms with Crippen LogP contribution in [0, 0.1) is 5.92 Å². The molecule has 2 aliphatic rings. The molecule has 1 aromatic heterocycles. The first-order valence-corrected chi connectivity index (χ1v) is 11.3. The first-order chi connectivity index (χ1) is 16.5. The molecule has 1 fully saturated rings. The summed E-state index contributed by atoms with van der Waals surface area (Å²) < 4.78 is 6.95. The van der Waals surface area contributed by atoms with Crippen molar-refractivity contribution in [1.29, 1.82) is 0 Å². The van der Waals surface area contributed by atoms with Crippen LogP contribution in [0.15, 0.2) is 71.5 Å². The van der Waals surface area contributed by atoms with Gasteiger partial charge in [0.05, 0.1) is 12.8 Å². The lowest BCUT2D eigenvalue weighted by atomic mass is 9.82. The summed E-state index contributed by atoms with van der Waals surface area (Å²) in [5, 5.41) is 5.72. The highest BCUT2D eigenvalue weighted by Crippen LogP contribution is 2.39. The summed E-state index contributed by atoms with van der Waals surface area (Å²) in [6, 6.07) is 19.0. The van der Waals surface area contributed by atoms with Crippen molar-refractivity contribution in [3.05, 3.63) is 88.3 Å². The molecule has 3 heterocycles. The molecule has 0 spiro atoms. The molecule has 2 atom stereocenters. The minimum absolute atomic E-state index is 0.0413. The molecule has 2 N–H and O–H groups in total. The number of amides is 3. The molecule has 2 bridgehead atoms. The van der Waals surface area contributed by atoms with Crippen molar-refractivity contribution in [3.63, 3.8) is 0 Å². The number of ether oxygens (including phenoxy) is 1. The van der Waals surface area contributed by atoms with Gasteiger partial charge in [-0.2, -0.15) is 0 Å². The van der Waals surface area contributed by atoms with Gasteiger partial charge in [-0.3, -0.25) is 9.59 Å². The maximum absolute atomic E-state index is 13.2. The van der Waals surface area contributed by atoms with Gasteiger partial charge in [-0.15, -0.1) is 0 Å². The van der Waals surface area contributed by atoms with Gasteiger partial charge < -0.3 is 24.8 Å². The summed E-state index contributed by atoms with van der Waals surface area (Å²) >= 11 is 0. The standard InChI is InChI=1S/C26H26N4O4/c1-34-21-9-7-18(8-10-21)25(32)29-14-17-13-19(16-29)24-22(11-12-23(31)30(24)15-17)28-26(33)27-20-5-3-2-4-6-20/h2-12,17,19H,13-16H2,1H3,(H2,27,28,33)/t17-,19+/m0/s1. The number of likely N-dealkylation sites (tertiary alicyclic amines) is 1. The highest BCUT2D eigenvalue weighted by Gasteiger charge is 2.38. The van der Waals surface area contributed by atoms with E-state index in [0.29, 0.717) is 42.3 Å². The Hall–Kier alpha value is -4.07. The fourth-order valence-corrected chi connectivity index (χ4v) is 5.01. The minimum atomic E-state index is -0.378. The largest absolute Gasteiger partial charge is 0.497 e. The Bertz CT molecular complexity index is 1270. The van der Waals surface area contributed by atoms with E-state index in [1.54, 1.807) is 54.1 Å². The monoisotopic (exact) mass is 458 g/mol. The molecule has 0 saturated carbocycles. The molecule has 0 unspecified atom stereocenters. The number of rotatable bonds is 4. The number of carbonyl (C=O) groups excluding carboxylic acids is 2. The third-order valence-corrected chi connectivity index (χ3v) is 6.49. The molecule has 34 heavy (non-hydrogen) atoms. The highest BCUT2D eigenvalue weighted by atomic mass is 16.5. The summed E-state index contributed by atoms with van der Waals surface area (Å²) in [5.41, 5.74) is 2.56. The lowest BCUT2D eigenvalue weighted by Gasteiger charge is -2.43. The van der Waals surface area contributed by atoms with Crippen molar-refractivity contribution in [3.8, 4) is 5.75 Å². The van der Waals surface area contributed by atoms with Gasteiger partial charge in [-0.05, 0) is 54.8 Å². The van der Waals surface area contributed by atoms with Crippen LogP contribution in [-0.4, -0.2) is 41.6 Å². The Morgan fingerprint density at radius 2 is 1.68 bits per heavy atom. The molecule has 2 aliphatic heterocycles. The number of nitrogens with one attached hydrogen (secondary N) is 2. The molecule has 5 rings (SSSR count). The number of urea groups is 1. The van der Waals surface area contributed by atoms with Crippen LogP contribution in [0.25, 0.3) is 0 Å². The van der Waals surface area contributed by atoms with E-state index in [1.165, 1.54) is 6.07 Å². The SMILES string of the molecule is COc1ccc(C(=O)N2C[C@@H]3C[C@H](C2)c2c(NC(=O)Nc4ccccc4)ccc(=O)n2C3)cc1. The lowest BCUT2D eigenvalue weighted by molar-refractivity contribution is 0.0595. The topological polar surface area (TPSA) is 92.7 Å². The van der Waals surface area contributed by atoms with E-state index in [0.717, 1.165) is 12.1 Å². The molecule has 3 amide bonds. The average molecular weight is 459 g/mol. The van der Waals surface area contributed by atoms with Crippen LogP contribution in [0.4, 0.5) is 16.2 Å². The normalized spacial score (nSPS) is 18.6. The number of carbonyl (C=O) groups is 2. The predicted molar refractivity (Wildman–Crippen MR) is 130 cm³/mol. The Balaban J connectivity index is 1.39. The van der Waals surface area contributed by atoms with Gasteiger partial charge in [0, 0.05) is 48.6 Å². The van der Waals surface area contributed by atoms with E-state index in [4.69, 9.17) is 4.74 Å². The van der Waals surface area contributed by atoms with Gasteiger partial charge in [0.15, 0.2) is 0 Å². The number of pyridine rings is 1. The summed E-state index contributed by atoms with van der Waals surface area (Å²) in [4.78, 5) is 40.4. The van der Waals surface area contributed by atoms with Gasteiger partial charge in [0.1, 0.15) is 5.75 Å². The number of piperidine rings is 1. The predicted octanol–water partition coefficient (Wildman–Crippen LogP) is 3.76. The van der Waals surface area contributed by atoms with Crippen molar-refractivity contribution >= 4 is 23.3 Å². The fraction of sp³-hybridized carbons (Fsp3) is 0.269. The van der Waals surface area contributed by atoms with Crippen molar-refractivity contribution in [2.24, 2.45) is 5.92 Å². The fourth-order valence-electron chi connectivity index (χ4n) is 5.01. The van der Waals surface area contributed by atoms with E-state index >= 15 is 0 Å². The highest BCUT2D eigenvalue weighted by molar-refractivity contribution is 6.00. The van der Waals surface area contributed by atoms with Crippen LogP contribution < -0.4 is 20.9 Å². The molecule has 0 aliphatic carbocycles. The smallest absolute Gasteiger partial charge is 0.323 e. The zero-order valence-electron chi connectivity index (χ0n) is 18.9. The van der Waals surface area contributed by atoms with Crippen molar-refractivity contribution in [2.75, 3.05) is 30.8 Å². The number of para-hydroxylation sites is 1. The third-order valence-electron chi connectivity index (χ3n) is 6.49. The van der Waals surface area contributed by atoms with Crippen LogP contribution in [0.2, 0.25) is 0 Å². The first-order valence-electron chi connectivity index (χ1n) is 11.3. The summed E-state index contributed by atoms with van der Waals surface area (Å²) in [5.74, 6) is 0.792. The van der Waals surface area contributed by atoms with Gasteiger partial charge in [-0.25, -0.2) is 4.79 Å². The van der Waals surface area contributed by atoms with E-state index in [1.807, 2.05) is 23.1 Å². The first kappa shape index (κ1) is 21.8.